The number of carbonyl (C=O) groups is 1. The summed E-state index contributed by atoms with van der Waals surface area (Å²) < 4.78 is 0. The molecule has 1 unspecified atom stereocenters. The van der Waals surface area contributed by atoms with Gasteiger partial charge in [0.2, 0.25) is 5.91 Å². The van der Waals surface area contributed by atoms with E-state index in [-0.39, 0.29) is 11.9 Å². The van der Waals surface area contributed by atoms with E-state index in [9.17, 15) is 4.79 Å². The molecule has 0 heterocycles. The summed E-state index contributed by atoms with van der Waals surface area (Å²) in [7, 11) is 0. The third-order valence-corrected chi connectivity index (χ3v) is 3.84. The van der Waals surface area contributed by atoms with Crippen molar-refractivity contribution >= 4 is 5.91 Å². The molecule has 0 aliphatic heterocycles. The van der Waals surface area contributed by atoms with Gasteiger partial charge in [-0.15, -0.1) is 0 Å². The Morgan fingerprint density at radius 1 is 1.39 bits per heavy atom. The predicted octanol–water partition coefficient (Wildman–Crippen LogP) is 2.30. The molecule has 0 bridgehead atoms. The fourth-order valence-corrected chi connectivity index (χ4v) is 2.16. The quantitative estimate of drug-likeness (QED) is 0.856. The molecule has 1 aliphatic rings. The molecule has 2 atom stereocenters. The van der Waals surface area contributed by atoms with E-state index in [4.69, 9.17) is 5.73 Å². The number of hydrogen-bond donors (Lipinski definition) is 2. The first-order valence-corrected chi connectivity index (χ1v) is 6.57. The number of aryl methyl sites for hydroxylation is 1. The van der Waals surface area contributed by atoms with Gasteiger partial charge in [0.25, 0.3) is 0 Å². The van der Waals surface area contributed by atoms with E-state index in [2.05, 4.69) is 24.4 Å². The minimum absolute atomic E-state index is 0.000255. The van der Waals surface area contributed by atoms with Crippen LogP contribution in [0.1, 0.15) is 43.9 Å². The number of nitrogens with one attached hydrogen (secondary N) is 1. The first kappa shape index (κ1) is 13.1. The number of carbonyl (C=O) groups excluding carboxylic acids is 1. The van der Waals surface area contributed by atoms with Crippen LogP contribution >= 0.6 is 0 Å². The summed E-state index contributed by atoms with van der Waals surface area (Å²) in [6.45, 7) is 5.88. The summed E-state index contributed by atoms with van der Waals surface area (Å²) in [6.07, 6.45) is 2.14. The molecular weight excluding hydrogens is 224 g/mol. The van der Waals surface area contributed by atoms with Gasteiger partial charge in [0.15, 0.2) is 0 Å². The Morgan fingerprint density at radius 2 is 1.94 bits per heavy atom. The maximum atomic E-state index is 12.2. The van der Waals surface area contributed by atoms with E-state index in [1.807, 2.05) is 26.0 Å². The molecule has 3 N–H and O–H groups in total. The normalized spacial score (nSPS) is 20.0. The van der Waals surface area contributed by atoms with Gasteiger partial charge in [-0.1, -0.05) is 29.8 Å². The van der Waals surface area contributed by atoms with Gasteiger partial charge in [0.1, 0.15) is 0 Å². The van der Waals surface area contributed by atoms with Gasteiger partial charge < -0.3 is 11.1 Å². The van der Waals surface area contributed by atoms with Crippen molar-refractivity contribution in [3.63, 3.8) is 0 Å². The molecule has 98 valence electrons. The number of amides is 1. The van der Waals surface area contributed by atoms with Gasteiger partial charge in [0, 0.05) is 0 Å². The van der Waals surface area contributed by atoms with Gasteiger partial charge in [0.05, 0.1) is 11.6 Å². The van der Waals surface area contributed by atoms with Gasteiger partial charge in [-0.05, 0) is 45.1 Å². The lowest BCUT2D eigenvalue weighted by Gasteiger charge is -2.26. The molecule has 1 amide bonds. The van der Waals surface area contributed by atoms with Gasteiger partial charge in [-0.25, -0.2) is 0 Å². The summed E-state index contributed by atoms with van der Waals surface area (Å²) in [5.41, 5.74) is 7.71. The van der Waals surface area contributed by atoms with Crippen molar-refractivity contribution in [2.75, 3.05) is 0 Å². The molecule has 3 heteroatoms. The van der Waals surface area contributed by atoms with Crippen LogP contribution in [0.3, 0.4) is 0 Å². The number of nitrogens with two attached hydrogens (primary N) is 1. The van der Waals surface area contributed by atoms with Crippen molar-refractivity contribution in [1.29, 1.82) is 0 Å². The van der Waals surface area contributed by atoms with Crippen molar-refractivity contribution in [3.05, 3.63) is 35.4 Å². The van der Waals surface area contributed by atoms with Crippen LogP contribution in [0.15, 0.2) is 24.3 Å². The molecule has 3 nitrogen and oxygen atoms in total. The molecule has 2 rings (SSSR count). The van der Waals surface area contributed by atoms with Crippen LogP contribution in [0.5, 0.6) is 0 Å². The lowest BCUT2D eigenvalue weighted by molar-refractivity contribution is -0.127. The molecule has 1 aliphatic carbocycles. The second kappa shape index (κ2) is 4.73. The van der Waals surface area contributed by atoms with E-state index >= 15 is 0 Å². The zero-order valence-electron chi connectivity index (χ0n) is 11.4. The molecule has 0 saturated heterocycles. The van der Waals surface area contributed by atoms with Gasteiger partial charge >= 0.3 is 0 Å². The lowest BCUT2D eigenvalue weighted by Crippen LogP contribution is -2.53. The molecule has 1 saturated carbocycles. The van der Waals surface area contributed by atoms with Crippen LogP contribution in [0.25, 0.3) is 0 Å². The van der Waals surface area contributed by atoms with Crippen LogP contribution in [-0.4, -0.2) is 11.4 Å². The summed E-state index contributed by atoms with van der Waals surface area (Å²) in [6, 6.07) is 8.21. The van der Waals surface area contributed by atoms with E-state index in [1.165, 1.54) is 5.56 Å². The van der Waals surface area contributed by atoms with Crippen LogP contribution in [0, 0.1) is 12.8 Å². The summed E-state index contributed by atoms with van der Waals surface area (Å²) >= 11 is 0. The average Bonchev–Trinajstić information content (AvgIpc) is 3.13. The Labute approximate surface area is 109 Å². The first-order valence-electron chi connectivity index (χ1n) is 6.57. The summed E-state index contributed by atoms with van der Waals surface area (Å²) in [4.78, 5) is 12.2. The van der Waals surface area contributed by atoms with E-state index in [0.717, 1.165) is 18.4 Å². The number of benzene rings is 1. The Bertz CT molecular complexity index is 432. The van der Waals surface area contributed by atoms with Gasteiger partial charge in [-0.2, -0.15) is 0 Å². The largest absolute Gasteiger partial charge is 0.348 e. The van der Waals surface area contributed by atoms with Crippen molar-refractivity contribution in [2.45, 2.75) is 45.2 Å². The standard InChI is InChI=1S/C15H22N2O/c1-10-4-6-12(7-5-10)11(2)17-14(18)15(3,16)13-8-9-13/h4-7,11,13H,8-9,16H2,1-3H3,(H,17,18)/t11-,15?/m1/s1. The second-order valence-electron chi connectivity index (χ2n) is 5.66. The Balaban J connectivity index is 2.00. The zero-order chi connectivity index (χ0) is 13.3. The second-order valence-corrected chi connectivity index (χ2v) is 5.66. The van der Waals surface area contributed by atoms with Crippen LogP contribution in [0.2, 0.25) is 0 Å². The fourth-order valence-electron chi connectivity index (χ4n) is 2.16. The fraction of sp³-hybridized carbons (Fsp3) is 0.533. The molecule has 0 radical (unpaired) electrons. The highest BCUT2D eigenvalue weighted by Crippen LogP contribution is 2.38. The van der Waals surface area contributed by atoms with E-state index < -0.39 is 5.54 Å². The van der Waals surface area contributed by atoms with Crippen LogP contribution in [-0.2, 0) is 4.79 Å². The number of hydrogen-bond acceptors (Lipinski definition) is 2. The van der Waals surface area contributed by atoms with E-state index in [1.54, 1.807) is 0 Å². The molecule has 0 aromatic heterocycles. The summed E-state index contributed by atoms with van der Waals surface area (Å²) in [5.74, 6) is 0.306. The third-order valence-electron chi connectivity index (χ3n) is 3.84. The maximum absolute atomic E-state index is 12.2. The van der Waals surface area contributed by atoms with Crippen LogP contribution in [0.4, 0.5) is 0 Å². The predicted molar refractivity (Wildman–Crippen MR) is 73.1 cm³/mol. The molecule has 1 aromatic rings. The monoisotopic (exact) mass is 246 g/mol. The Morgan fingerprint density at radius 3 is 2.44 bits per heavy atom. The molecule has 1 fully saturated rings. The van der Waals surface area contributed by atoms with Crippen molar-refractivity contribution in [2.24, 2.45) is 11.7 Å². The van der Waals surface area contributed by atoms with Gasteiger partial charge in [-0.3, -0.25) is 4.79 Å². The topological polar surface area (TPSA) is 55.1 Å². The molecular formula is C15H22N2O. The third kappa shape index (κ3) is 2.72. The molecule has 1 aromatic carbocycles. The van der Waals surface area contributed by atoms with Crippen molar-refractivity contribution in [3.8, 4) is 0 Å². The minimum Gasteiger partial charge on any atom is -0.348 e. The Hall–Kier alpha value is -1.35. The Kier molecular flexibility index (Phi) is 3.44. The highest BCUT2D eigenvalue weighted by molar-refractivity contribution is 5.86. The molecule has 0 spiro atoms. The van der Waals surface area contributed by atoms with Crippen molar-refractivity contribution < 1.29 is 4.79 Å². The summed E-state index contributed by atoms with van der Waals surface area (Å²) in [5, 5.41) is 3.01. The first-order chi connectivity index (χ1) is 8.41. The highest BCUT2D eigenvalue weighted by atomic mass is 16.2. The number of rotatable bonds is 4. The van der Waals surface area contributed by atoms with E-state index in [0.29, 0.717) is 5.92 Å². The smallest absolute Gasteiger partial charge is 0.240 e. The minimum atomic E-state index is -0.723. The zero-order valence-corrected chi connectivity index (χ0v) is 11.4. The van der Waals surface area contributed by atoms with Crippen molar-refractivity contribution in [1.82, 2.24) is 5.32 Å². The average molecular weight is 246 g/mol. The highest BCUT2D eigenvalue weighted by Gasteiger charge is 2.44. The molecule has 18 heavy (non-hydrogen) atoms. The SMILES string of the molecule is Cc1ccc([C@@H](C)NC(=O)C(C)(N)C2CC2)cc1. The maximum Gasteiger partial charge on any atom is 0.240 e. The van der Waals surface area contributed by atoms with Crippen LogP contribution < -0.4 is 11.1 Å². The lowest BCUT2D eigenvalue weighted by atomic mass is 9.95.